The Morgan fingerprint density at radius 1 is 1.48 bits per heavy atom. The molecular weight excluding hydrogens is 292 g/mol. The summed E-state index contributed by atoms with van der Waals surface area (Å²) in [7, 11) is 5.54. The second-order valence-electron chi connectivity index (χ2n) is 4.84. The van der Waals surface area contributed by atoms with Crippen molar-refractivity contribution in [1.29, 1.82) is 0 Å². The Balaban J connectivity index is 2.55. The first-order chi connectivity index (χ1) is 9.99. The van der Waals surface area contributed by atoms with Crippen molar-refractivity contribution in [1.82, 2.24) is 20.4 Å². The third-order valence-corrected chi connectivity index (χ3v) is 3.90. The molecule has 0 spiro atoms. The summed E-state index contributed by atoms with van der Waals surface area (Å²) in [5.41, 5.74) is 0. The van der Waals surface area contributed by atoms with E-state index < -0.39 is 0 Å². The van der Waals surface area contributed by atoms with E-state index in [1.807, 2.05) is 19.0 Å². The van der Waals surface area contributed by atoms with Gasteiger partial charge in [-0.2, -0.15) is 0 Å². The van der Waals surface area contributed by atoms with Gasteiger partial charge in [-0.25, -0.2) is 0 Å². The summed E-state index contributed by atoms with van der Waals surface area (Å²) in [6.45, 7) is 4.86. The molecule has 1 aromatic heterocycles. The molecule has 1 N–H and O–H groups in total. The molecule has 0 unspecified atom stereocenters. The number of nitrogens with zero attached hydrogens (tertiary/aromatic N) is 3. The first kappa shape index (κ1) is 17.9. The molecule has 0 aliphatic carbocycles. The molecule has 0 aliphatic heterocycles. The second kappa shape index (κ2) is 9.01. The maximum Gasteiger partial charge on any atom is 0.277 e. The van der Waals surface area contributed by atoms with E-state index in [4.69, 9.17) is 9.15 Å². The van der Waals surface area contributed by atoms with E-state index in [1.165, 1.54) is 11.8 Å². The van der Waals surface area contributed by atoms with Gasteiger partial charge >= 0.3 is 0 Å². The number of aromatic nitrogens is 2. The molecule has 0 aliphatic rings. The van der Waals surface area contributed by atoms with Crippen LogP contribution in [0.25, 0.3) is 0 Å². The minimum Gasteiger partial charge on any atom is -0.414 e. The van der Waals surface area contributed by atoms with Crippen LogP contribution in [0.15, 0.2) is 9.64 Å². The Labute approximate surface area is 129 Å². The highest BCUT2D eigenvalue weighted by atomic mass is 32.2. The molecule has 1 rings (SSSR count). The van der Waals surface area contributed by atoms with E-state index in [0.717, 1.165) is 6.42 Å². The molecule has 0 saturated heterocycles. The van der Waals surface area contributed by atoms with Gasteiger partial charge in [-0.15, -0.1) is 10.2 Å². The van der Waals surface area contributed by atoms with Gasteiger partial charge in [-0.3, -0.25) is 9.69 Å². The zero-order chi connectivity index (χ0) is 15.8. The molecule has 21 heavy (non-hydrogen) atoms. The summed E-state index contributed by atoms with van der Waals surface area (Å²) < 4.78 is 10.5. The molecule has 0 aromatic carbocycles. The molecule has 1 aromatic rings. The smallest absolute Gasteiger partial charge is 0.277 e. The van der Waals surface area contributed by atoms with E-state index in [9.17, 15) is 4.79 Å². The van der Waals surface area contributed by atoms with Crippen LogP contribution in [0.5, 0.6) is 0 Å². The number of methoxy groups -OCH3 is 1. The molecule has 0 radical (unpaired) electrons. The summed E-state index contributed by atoms with van der Waals surface area (Å²) in [4.78, 5) is 13.9. The van der Waals surface area contributed by atoms with Gasteiger partial charge < -0.3 is 14.5 Å². The van der Waals surface area contributed by atoms with Crippen molar-refractivity contribution >= 4 is 17.7 Å². The third kappa shape index (κ3) is 5.64. The summed E-state index contributed by atoms with van der Waals surface area (Å²) in [5.74, 6) is 0.508. The number of rotatable bonds is 9. The van der Waals surface area contributed by atoms with Gasteiger partial charge in [0.25, 0.3) is 5.22 Å². The van der Waals surface area contributed by atoms with Gasteiger partial charge in [0, 0.05) is 13.7 Å². The third-order valence-electron chi connectivity index (χ3n) is 2.97. The van der Waals surface area contributed by atoms with Crippen molar-refractivity contribution in [2.75, 3.05) is 34.4 Å². The first-order valence-electron chi connectivity index (χ1n) is 6.92. The van der Waals surface area contributed by atoms with E-state index in [2.05, 4.69) is 22.4 Å². The Hall–Kier alpha value is -1.12. The van der Waals surface area contributed by atoms with E-state index >= 15 is 0 Å². The lowest BCUT2D eigenvalue weighted by Gasteiger charge is -2.18. The zero-order valence-corrected chi connectivity index (χ0v) is 14.1. The fourth-order valence-corrected chi connectivity index (χ4v) is 2.50. The minimum absolute atomic E-state index is 0.0727. The number of carbonyl (C=O) groups excluding carboxylic acids is 1. The van der Waals surface area contributed by atoms with Crippen molar-refractivity contribution in [3.05, 3.63) is 5.89 Å². The van der Waals surface area contributed by atoms with Gasteiger partial charge in [-0.05, 0) is 27.4 Å². The lowest BCUT2D eigenvalue weighted by molar-refractivity contribution is -0.120. The minimum atomic E-state index is -0.297. The van der Waals surface area contributed by atoms with E-state index in [1.54, 1.807) is 14.0 Å². The summed E-state index contributed by atoms with van der Waals surface area (Å²) in [6, 6.07) is 0.0951. The van der Waals surface area contributed by atoms with E-state index in [-0.39, 0.29) is 17.2 Å². The number of carbonyl (C=O) groups is 1. The van der Waals surface area contributed by atoms with Crippen molar-refractivity contribution in [3.8, 4) is 0 Å². The van der Waals surface area contributed by atoms with Crippen LogP contribution in [-0.2, 0) is 9.53 Å². The van der Waals surface area contributed by atoms with Crippen LogP contribution in [0.2, 0.25) is 0 Å². The molecule has 2 atom stereocenters. The van der Waals surface area contributed by atoms with Gasteiger partial charge in [0.15, 0.2) is 0 Å². The topological polar surface area (TPSA) is 80.5 Å². The van der Waals surface area contributed by atoms with Crippen LogP contribution in [-0.4, -0.2) is 60.6 Å². The summed E-state index contributed by atoms with van der Waals surface area (Å²) >= 11 is 1.26. The van der Waals surface area contributed by atoms with Crippen molar-refractivity contribution in [2.24, 2.45) is 0 Å². The molecular formula is C13H24N4O3S. The van der Waals surface area contributed by atoms with Crippen molar-refractivity contribution in [2.45, 2.75) is 36.8 Å². The van der Waals surface area contributed by atoms with Gasteiger partial charge in [-0.1, -0.05) is 18.7 Å². The SMILES string of the molecule is CC[C@H](c1nnc(S[C@H](C)C(=O)NCCOC)o1)N(C)C. The number of ether oxygens (including phenoxy) is 1. The molecule has 0 fully saturated rings. The predicted molar refractivity (Wildman–Crippen MR) is 81.2 cm³/mol. The molecule has 1 heterocycles. The van der Waals surface area contributed by atoms with Gasteiger partial charge in [0.2, 0.25) is 11.8 Å². The number of nitrogens with one attached hydrogen (secondary N) is 1. The molecule has 0 saturated carbocycles. The average molecular weight is 316 g/mol. The molecule has 7 nitrogen and oxygen atoms in total. The first-order valence-corrected chi connectivity index (χ1v) is 7.80. The Morgan fingerprint density at radius 3 is 2.76 bits per heavy atom. The maximum atomic E-state index is 11.8. The second-order valence-corrected chi connectivity index (χ2v) is 6.13. The Kier molecular flexibility index (Phi) is 7.69. The lowest BCUT2D eigenvalue weighted by Crippen LogP contribution is -2.33. The number of amides is 1. The fourth-order valence-electron chi connectivity index (χ4n) is 1.79. The molecule has 1 amide bonds. The summed E-state index contributed by atoms with van der Waals surface area (Å²) in [5, 5.41) is 11.0. The quantitative estimate of drug-likeness (QED) is 0.543. The van der Waals surface area contributed by atoms with Crippen molar-refractivity contribution in [3.63, 3.8) is 0 Å². The summed E-state index contributed by atoms with van der Waals surface area (Å²) in [6.07, 6.45) is 0.881. The highest BCUT2D eigenvalue weighted by molar-refractivity contribution is 8.00. The predicted octanol–water partition coefficient (Wildman–Crippen LogP) is 1.33. The fraction of sp³-hybridized carbons (Fsp3) is 0.769. The monoisotopic (exact) mass is 316 g/mol. The maximum absolute atomic E-state index is 11.8. The van der Waals surface area contributed by atoms with Crippen molar-refractivity contribution < 1.29 is 13.9 Å². The van der Waals surface area contributed by atoms with Gasteiger partial charge in [0.1, 0.15) is 0 Å². The standard InChI is InChI=1S/C13H24N4O3S/c1-6-10(17(3)4)12-15-16-13(20-12)21-9(2)11(18)14-7-8-19-5/h9-10H,6-8H2,1-5H3,(H,14,18)/t9-,10-/m1/s1. The lowest BCUT2D eigenvalue weighted by atomic mass is 10.2. The Morgan fingerprint density at radius 2 is 2.19 bits per heavy atom. The van der Waals surface area contributed by atoms with Crippen LogP contribution in [0.3, 0.4) is 0 Å². The normalized spacial score (nSPS) is 14.2. The van der Waals surface area contributed by atoms with Crippen LogP contribution in [0, 0.1) is 0 Å². The number of thioether (sulfide) groups is 1. The van der Waals surface area contributed by atoms with Crippen LogP contribution in [0.1, 0.15) is 32.2 Å². The largest absolute Gasteiger partial charge is 0.414 e. The van der Waals surface area contributed by atoms with E-state index in [0.29, 0.717) is 24.3 Å². The van der Waals surface area contributed by atoms with Crippen LogP contribution < -0.4 is 5.32 Å². The highest BCUT2D eigenvalue weighted by Crippen LogP contribution is 2.26. The molecule has 120 valence electrons. The van der Waals surface area contributed by atoms with Gasteiger partial charge in [0.05, 0.1) is 17.9 Å². The number of hydrogen-bond acceptors (Lipinski definition) is 7. The Bertz CT molecular complexity index is 439. The number of hydrogen-bond donors (Lipinski definition) is 1. The average Bonchev–Trinajstić information content (AvgIpc) is 2.87. The molecule has 0 bridgehead atoms. The zero-order valence-electron chi connectivity index (χ0n) is 13.3. The van der Waals surface area contributed by atoms with Crippen LogP contribution >= 0.6 is 11.8 Å². The van der Waals surface area contributed by atoms with Crippen LogP contribution in [0.4, 0.5) is 0 Å². The molecule has 8 heteroatoms. The highest BCUT2D eigenvalue weighted by Gasteiger charge is 2.22.